The van der Waals surface area contributed by atoms with Gasteiger partial charge >= 0.3 is 0 Å². The predicted molar refractivity (Wildman–Crippen MR) is 105 cm³/mol. The molecule has 0 aromatic heterocycles. The van der Waals surface area contributed by atoms with E-state index in [2.05, 4.69) is 5.32 Å². The van der Waals surface area contributed by atoms with Crippen LogP contribution >= 0.6 is 0 Å². The maximum atomic E-state index is 12.5. The Morgan fingerprint density at radius 1 is 1.15 bits per heavy atom. The van der Waals surface area contributed by atoms with Crippen molar-refractivity contribution in [2.24, 2.45) is 0 Å². The lowest BCUT2D eigenvalue weighted by atomic mass is 10.0. The lowest BCUT2D eigenvalue weighted by Crippen LogP contribution is -2.37. The number of benzene rings is 2. The summed E-state index contributed by atoms with van der Waals surface area (Å²) >= 11 is 0. The van der Waals surface area contributed by atoms with Crippen LogP contribution in [0.3, 0.4) is 0 Å². The van der Waals surface area contributed by atoms with Crippen molar-refractivity contribution in [2.45, 2.75) is 19.8 Å². The molecule has 0 saturated heterocycles. The van der Waals surface area contributed by atoms with Crippen molar-refractivity contribution in [1.29, 1.82) is 0 Å². The van der Waals surface area contributed by atoms with E-state index in [0.717, 1.165) is 17.0 Å². The normalized spacial score (nSPS) is 13.3. The SMILES string of the molecule is CCOc1ccc(C(=O)Nc2ccc3c(c2)CCC(=O)N3CCOC)cc1. The molecule has 142 valence electrons. The lowest BCUT2D eigenvalue weighted by Gasteiger charge is -2.29. The summed E-state index contributed by atoms with van der Waals surface area (Å²) in [6.07, 6.45) is 1.14. The molecule has 0 spiro atoms. The zero-order valence-electron chi connectivity index (χ0n) is 15.7. The number of hydrogen-bond donors (Lipinski definition) is 1. The standard InChI is InChI=1S/C21H24N2O4/c1-3-27-18-8-4-15(5-9-18)21(25)22-17-7-10-19-16(14-17)6-11-20(24)23(19)12-13-26-2/h4-5,7-10,14H,3,6,11-13H2,1-2H3,(H,22,25). The highest BCUT2D eigenvalue weighted by Gasteiger charge is 2.24. The van der Waals surface area contributed by atoms with Crippen molar-refractivity contribution < 1.29 is 19.1 Å². The fraction of sp³-hybridized carbons (Fsp3) is 0.333. The molecule has 6 nitrogen and oxygen atoms in total. The predicted octanol–water partition coefficient (Wildman–Crippen LogP) is 3.26. The third kappa shape index (κ3) is 4.46. The van der Waals surface area contributed by atoms with Crippen LogP contribution < -0.4 is 15.0 Å². The van der Waals surface area contributed by atoms with Crippen LogP contribution in [0, 0.1) is 0 Å². The van der Waals surface area contributed by atoms with Gasteiger partial charge in [-0.1, -0.05) is 0 Å². The molecule has 0 aliphatic carbocycles. The van der Waals surface area contributed by atoms with Crippen molar-refractivity contribution in [2.75, 3.05) is 37.1 Å². The molecule has 1 aliphatic heterocycles. The van der Waals surface area contributed by atoms with Crippen LogP contribution in [0.1, 0.15) is 29.3 Å². The Kier molecular flexibility index (Phi) is 6.08. The highest BCUT2D eigenvalue weighted by Crippen LogP contribution is 2.30. The van der Waals surface area contributed by atoms with E-state index in [1.165, 1.54) is 0 Å². The molecule has 1 N–H and O–H groups in total. The van der Waals surface area contributed by atoms with Gasteiger partial charge in [0.25, 0.3) is 5.91 Å². The molecule has 2 amide bonds. The molecule has 0 radical (unpaired) electrons. The minimum absolute atomic E-state index is 0.103. The number of ether oxygens (including phenoxy) is 2. The second kappa shape index (κ2) is 8.68. The highest BCUT2D eigenvalue weighted by molar-refractivity contribution is 6.05. The zero-order chi connectivity index (χ0) is 19.2. The van der Waals surface area contributed by atoms with E-state index in [9.17, 15) is 9.59 Å². The summed E-state index contributed by atoms with van der Waals surface area (Å²) in [5.41, 5.74) is 3.22. The number of amides is 2. The highest BCUT2D eigenvalue weighted by atomic mass is 16.5. The number of aryl methyl sites for hydroxylation is 1. The Morgan fingerprint density at radius 2 is 1.93 bits per heavy atom. The van der Waals surface area contributed by atoms with Crippen LogP contribution in [0.15, 0.2) is 42.5 Å². The van der Waals surface area contributed by atoms with Gasteiger partial charge in [-0.05, 0) is 61.4 Å². The molecule has 6 heteroatoms. The molecule has 0 bridgehead atoms. The van der Waals surface area contributed by atoms with Crippen LogP contribution in [-0.2, 0) is 16.0 Å². The minimum atomic E-state index is -0.180. The van der Waals surface area contributed by atoms with E-state index < -0.39 is 0 Å². The topological polar surface area (TPSA) is 67.9 Å². The second-order valence-corrected chi connectivity index (χ2v) is 6.29. The molecule has 2 aromatic rings. The zero-order valence-corrected chi connectivity index (χ0v) is 15.7. The van der Waals surface area contributed by atoms with E-state index in [1.54, 1.807) is 36.3 Å². The molecular formula is C21H24N2O4. The number of fused-ring (bicyclic) bond motifs is 1. The Labute approximate surface area is 159 Å². The van der Waals surface area contributed by atoms with Crippen molar-refractivity contribution >= 4 is 23.2 Å². The van der Waals surface area contributed by atoms with Gasteiger partial charge in [0.15, 0.2) is 0 Å². The van der Waals surface area contributed by atoms with Gasteiger partial charge in [0.05, 0.1) is 13.2 Å². The summed E-state index contributed by atoms with van der Waals surface area (Å²) in [4.78, 5) is 26.4. The Balaban J connectivity index is 1.73. The van der Waals surface area contributed by atoms with Crippen molar-refractivity contribution in [1.82, 2.24) is 0 Å². The number of nitrogens with zero attached hydrogens (tertiary/aromatic N) is 1. The van der Waals surface area contributed by atoms with Gasteiger partial charge in [-0.3, -0.25) is 9.59 Å². The average molecular weight is 368 g/mol. The first kappa shape index (κ1) is 18.9. The second-order valence-electron chi connectivity index (χ2n) is 6.29. The van der Waals surface area contributed by atoms with E-state index >= 15 is 0 Å². The molecule has 1 aliphatic rings. The summed E-state index contributed by atoms with van der Waals surface area (Å²) in [5.74, 6) is 0.662. The largest absolute Gasteiger partial charge is 0.494 e. The molecule has 0 fully saturated rings. The molecule has 0 atom stereocenters. The first-order chi connectivity index (χ1) is 13.1. The van der Waals surface area contributed by atoms with Crippen LogP contribution in [0.5, 0.6) is 5.75 Å². The van der Waals surface area contributed by atoms with Gasteiger partial charge in [0.2, 0.25) is 5.91 Å². The van der Waals surface area contributed by atoms with Gasteiger partial charge in [-0.15, -0.1) is 0 Å². The third-order valence-electron chi connectivity index (χ3n) is 4.48. The molecule has 0 saturated carbocycles. The summed E-state index contributed by atoms with van der Waals surface area (Å²) < 4.78 is 10.5. The van der Waals surface area contributed by atoms with Crippen LogP contribution in [0.25, 0.3) is 0 Å². The number of nitrogens with one attached hydrogen (secondary N) is 1. The van der Waals surface area contributed by atoms with E-state index in [-0.39, 0.29) is 11.8 Å². The molecular weight excluding hydrogens is 344 g/mol. The van der Waals surface area contributed by atoms with E-state index in [0.29, 0.717) is 43.9 Å². The van der Waals surface area contributed by atoms with Gasteiger partial charge in [0, 0.05) is 37.0 Å². The Morgan fingerprint density at radius 3 is 2.63 bits per heavy atom. The third-order valence-corrected chi connectivity index (χ3v) is 4.48. The number of methoxy groups -OCH3 is 1. The van der Waals surface area contributed by atoms with E-state index in [4.69, 9.17) is 9.47 Å². The van der Waals surface area contributed by atoms with Gasteiger partial charge in [-0.2, -0.15) is 0 Å². The molecule has 27 heavy (non-hydrogen) atoms. The molecule has 2 aromatic carbocycles. The number of anilines is 2. The average Bonchev–Trinajstić information content (AvgIpc) is 2.68. The van der Waals surface area contributed by atoms with Crippen molar-refractivity contribution in [3.8, 4) is 5.75 Å². The number of hydrogen-bond acceptors (Lipinski definition) is 4. The molecule has 1 heterocycles. The smallest absolute Gasteiger partial charge is 0.255 e. The number of rotatable bonds is 7. The fourth-order valence-corrected chi connectivity index (χ4v) is 3.14. The molecule has 3 rings (SSSR count). The van der Waals surface area contributed by atoms with Crippen LogP contribution in [0.4, 0.5) is 11.4 Å². The summed E-state index contributed by atoms with van der Waals surface area (Å²) in [5, 5.41) is 2.92. The first-order valence-corrected chi connectivity index (χ1v) is 9.09. The summed E-state index contributed by atoms with van der Waals surface area (Å²) in [6, 6.07) is 12.7. The van der Waals surface area contributed by atoms with Gasteiger partial charge < -0.3 is 19.7 Å². The number of carbonyl (C=O) groups is 2. The lowest BCUT2D eigenvalue weighted by molar-refractivity contribution is -0.119. The first-order valence-electron chi connectivity index (χ1n) is 9.09. The van der Waals surface area contributed by atoms with Crippen molar-refractivity contribution in [3.63, 3.8) is 0 Å². The maximum absolute atomic E-state index is 12.5. The van der Waals surface area contributed by atoms with Crippen molar-refractivity contribution in [3.05, 3.63) is 53.6 Å². The monoisotopic (exact) mass is 368 g/mol. The number of carbonyl (C=O) groups excluding carboxylic acids is 2. The van der Waals surface area contributed by atoms with Gasteiger partial charge in [0.1, 0.15) is 5.75 Å². The summed E-state index contributed by atoms with van der Waals surface area (Å²) in [7, 11) is 1.62. The summed E-state index contributed by atoms with van der Waals surface area (Å²) in [6.45, 7) is 3.52. The maximum Gasteiger partial charge on any atom is 0.255 e. The minimum Gasteiger partial charge on any atom is -0.494 e. The Bertz CT molecular complexity index is 817. The molecule has 0 unspecified atom stereocenters. The Hall–Kier alpha value is -2.86. The van der Waals surface area contributed by atoms with Gasteiger partial charge in [-0.25, -0.2) is 0 Å². The van der Waals surface area contributed by atoms with E-state index in [1.807, 2.05) is 25.1 Å². The van der Waals surface area contributed by atoms with Crippen LogP contribution in [-0.4, -0.2) is 38.7 Å². The van der Waals surface area contributed by atoms with Crippen LogP contribution in [0.2, 0.25) is 0 Å². The quantitative estimate of drug-likeness (QED) is 0.814. The fourth-order valence-electron chi connectivity index (χ4n) is 3.14.